The van der Waals surface area contributed by atoms with Crippen LogP contribution in [0.25, 0.3) is 0 Å². The summed E-state index contributed by atoms with van der Waals surface area (Å²) in [6, 6.07) is 0.632. The summed E-state index contributed by atoms with van der Waals surface area (Å²) in [5.74, 6) is 0. The molecule has 0 atom stereocenters. The molecule has 0 aliphatic carbocycles. The van der Waals surface area contributed by atoms with Crippen LogP contribution in [0.3, 0.4) is 0 Å². The fourth-order valence-electron chi connectivity index (χ4n) is 2.08. The van der Waals surface area contributed by atoms with Crippen molar-refractivity contribution < 1.29 is 9.53 Å². The number of piperidine rings is 1. The second-order valence-electron chi connectivity index (χ2n) is 6.23. The molecule has 0 radical (unpaired) electrons. The van der Waals surface area contributed by atoms with Crippen LogP contribution in [-0.4, -0.2) is 55.9 Å². The molecule has 0 aromatic carbocycles. The van der Waals surface area contributed by atoms with E-state index < -0.39 is 5.60 Å². The van der Waals surface area contributed by atoms with E-state index in [2.05, 4.69) is 10.6 Å². The van der Waals surface area contributed by atoms with Crippen LogP contribution in [0.2, 0.25) is 0 Å². The van der Waals surface area contributed by atoms with Gasteiger partial charge >= 0.3 is 6.09 Å². The summed E-state index contributed by atoms with van der Waals surface area (Å²) >= 11 is 0. The number of carbonyl (C=O) groups is 1. The summed E-state index contributed by atoms with van der Waals surface area (Å²) in [4.78, 5) is 13.4. The van der Waals surface area contributed by atoms with Gasteiger partial charge in [0.15, 0.2) is 0 Å². The van der Waals surface area contributed by atoms with Crippen molar-refractivity contribution in [3.63, 3.8) is 0 Å². The zero-order valence-corrected chi connectivity index (χ0v) is 12.8. The van der Waals surface area contributed by atoms with Crippen LogP contribution in [0.4, 0.5) is 4.79 Å². The molecule has 0 saturated carbocycles. The SMILES string of the molecule is CN(CCCNC1CCNCC1)C(=O)OC(C)(C)C. The second-order valence-corrected chi connectivity index (χ2v) is 6.23. The summed E-state index contributed by atoms with van der Waals surface area (Å²) in [5.41, 5.74) is -0.418. The predicted octanol–water partition coefficient (Wildman–Crippen LogP) is 1.58. The highest BCUT2D eigenvalue weighted by Crippen LogP contribution is 2.09. The largest absolute Gasteiger partial charge is 0.444 e. The average molecular weight is 271 g/mol. The van der Waals surface area contributed by atoms with E-state index in [1.807, 2.05) is 20.8 Å². The Morgan fingerprint density at radius 1 is 1.37 bits per heavy atom. The van der Waals surface area contributed by atoms with Gasteiger partial charge in [0.1, 0.15) is 5.60 Å². The van der Waals surface area contributed by atoms with Gasteiger partial charge in [0.25, 0.3) is 0 Å². The highest BCUT2D eigenvalue weighted by molar-refractivity contribution is 5.67. The minimum Gasteiger partial charge on any atom is -0.444 e. The fourth-order valence-corrected chi connectivity index (χ4v) is 2.08. The van der Waals surface area contributed by atoms with Crippen LogP contribution in [-0.2, 0) is 4.74 Å². The molecule has 0 unspecified atom stereocenters. The molecule has 1 fully saturated rings. The summed E-state index contributed by atoms with van der Waals surface area (Å²) in [6.07, 6.45) is 3.11. The van der Waals surface area contributed by atoms with E-state index in [9.17, 15) is 4.79 Å². The second kappa shape index (κ2) is 7.70. The minimum absolute atomic E-state index is 0.241. The summed E-state index contributed by atoms with van der Waals surface area (Å²) in [5, 5.41) is 6.90. The summed E-state index contributed by atoms with van der Waals surface area (Å²) < 4.78 is 5.30. The Morgan fingerprint density at radius 2 is 2.00 bits per heavy atom. The molecule has 19 heavy (non-hydrogen) atoms. The number of hydrogen-bond acceptors (Lipinski definition) is 4. The first-order chi connectivity index (χ1) is 8.88. The first kappa shape index (κ1) is 16.2. The van der Waals surface area contributed by atoms with Crippen molar-refractivity contribution in [1.29, 1.82) is 0 Å². The van der Waals surface area contributed by atoms with Gasteiger partial charge in [-0.2, -0.15) is 0 Å². The molecule has 1 aliphatic heterocycles. The van der Waals surface area contributed by atoms with Crippen LogP contribution in [0, 0.1) is 0 Å². The van der Waals surface area contributed by atoms with E-state index in [1.165, 1.54) is 12.8 Å². The number of amides is 1. The topological polar surface area (TPSA) is 53.6 Å². The Bertz CT molecular complexity index is 270. The monoisotopic (exact) mass is 271 g/mol. The molecule has 0 aromatic heterocycles. The first-order valence-electron chi connectivity index (χ1n) is 7.27. The Kier molecular flexibility index (Phi) is 6.58. The van der Waals surface area contributed by atoms with Crippen LogP contribution in [0.15, 0.2) is 0 Å². The maximum absolute atomic E-state index is 11.7. The van der Waals surface area contributed by atoms with E-state index >= 15 is 0 Å². The third-order valence-electron chi connectivity index (χ3n) is 3.15. The lowest BCUT2D eigenvalue weighted by molar-refractivity contribution is 0.0297. The molecule has 1 amide bonds. The molecule has 1 heterocycles. The number of nitrogens with one attached hydrogen (secondary N) is 2. The van der Waals surface area contributed by atoms with Crippen molar-refractivity contribution in [2.24, 2.45) is 0 Å². The van der Waals surface area contributed by atoms with Gasteiger partial charge in [-0.3, -0.25) is 0 Å². The van der Waals surface area contributed by atoms with Gasteiger partial charge in [-0.25, -0.2) is 4.79 Å². The van der Waals surface area contributed by atoms with Gasteiger partial charge in [-0.1, -0.05) is 0 Å². The average Bonchev–Trinajstić information content (AvgIpc) is 2.33. The fraction of sp³-hybridized carbons (Fsp3) is 0.929. The lowest BCUT2D eigenvalue weighted by atomic mass is 10.1. The number of hydrogen-bond donors (Lipinski definition) is 2. The third kappa shape index (κ3) is 7.38. The third-order valence-corrected chi connectivity index (χ3v) is 3.15. The van der Waals surface area contributed by atoms with Gasteiger partial charge < -0.3 is 20.3 Å². The van der Waals surface area contributed by atoms with Gasteiger partial charge in [0.2, 0.25) is 0 Å². The Morgan fingerprint density at radius 3 is 2.58 bits per heavy atom. The van der Waals surface area contributed by atoms with Crippen molar-refractivity contribution in [2.75, 3.05) is 33.2 Å². The summed E-state index contributed by atoms with van der Waals surface area (Å²) in [6.45, 7) is 9.56. The van der Waals surface area contributed by atoms with Crippen LogP contribution < -0.4 is 10.6 Å². The Hall–Kier alpha value is -0.810. The number of nitrogens with zero attached hydrogens (tertiary/aromatic N) is 1. The van der Waals surface area contributed by atoms with Crippen molar-refractivity contribution in [3.05, 3.63) is 0 Å². The van der Waals surface area contributed by atoms with Crippen molar-refractivity contribution in [1.82, 2.24) is 15.5 Å². The Labute approximate surface area is 117 Å². The number of ether oxygens (including phenoxy) is 1. The van der Waals surface area contributed by atoms with E-state index in [-0.39, 0.29) is 6.09 Å². The van der Waals surface area contributed by atoms with Crippen LogP contribution >= 0.6 is 0 Å². The number of rotatable bonds is 5. The molecule has 5 nitrogen and oxygen atoms in total. The smallest absolute Gasteiger partial charge is 0.410 e. The molecule has 0 aromatic rings. The van der Waals surface area contributed by atoms with Crippen molar-refractivity contribution >= 4 is 6.09 Å². The van der Waals surface area contributed by atoms with Gasteiger partial charge in [0, 0.05) is 19.6 Å². The van der Waals surface area contributed by atoms with Gasteiger partial charge in [-0.15, -0.1) is 0 Å². The normalized spacial score (nSPS) is 17.3. The van der Waals surface area contributed by atoms with Crippen LogP contribution in [0.5, 0.6) is 0 Å². The molecule has 1 rings (SSSR count). The molecule has 2 N–H and O–H groups in total. The Balaban J connectivity index is 2.09. The highest BCUT2D eigenvalue weighted by Gasteiger charge is 2.19. The minimum atomic E-state index is -0.418. The molecule has 112 valence electrons. The molecule has 1 saturated heterocycles. The molecular weight excluding hydrogens is 242 g/mol. The maximum atomic E-state index is 11.7. The van der Waals surface area contributed by atoms with E-state index in [1.54, 1.807) is 11.9 Å². The molecule has 0 spiro atoms. The lowest BCUT2D eigenvalue weighted by Gasteiger charge is -2.26. The highest BCUT2D eigenvalue weighted by atomic mass is 16.6. The van der Waals surface area contributed by atoms with E-state index in [4.69, 9.17) is 4.74 Å². The van der Waals surface area contributed by atoms with Crippen LogP contribution in [0.1, 0.15) is 40.0 Å². The quantitative estimate of drug-likeness (QED) is 0.746. The lowest BCUT2D eigenvalue weighted by Crippen LogP contribution is -2.41. The van der Waals surface area contributed by atoms with E-state index in [0.717, 1.165) is 32.6 Å². The molecule has 0 bridgehead atoms. The standard InChI is InChI=1S/C14H29N3O2/c1-14(2,3)19-13(18)17(4)11-5-8-16-12-6-9-15-10-7-12/h12,15-16H,5-11H2,1-4H3. The first-order valence-corrected chi connectivity index (χ1v) is 7.27. The van der Waals surface area contributed by atoms with Crippen molar-refractivity contribution in [3.8, 4) is 0 Å². The summed E-state index contributed by atoms with van der Waals surface area (Å²) in [7, 11) is 1.79. The van der Waals surface area contributed by atoms with Gasteiger partial charge in [-0.05, 0) is 59.7 Å². The zero-order chi connectivity index (χ0) is 14.3. The zero-order valence-electron chi connectivity index (χ0n) is 12.8. The van der Waals surface area contributed by atoms with Gasteiger partial charge in [0.05, 0.1) is 0 Å². The molecule has 5 heteroatoms. The number of carbonyl (C=O) groups excluding carboxylic acids is 1. The van der Waals surface area contributed by atoms with E-state index in [0.29, 0.717) is 6.04 Å². The molecule has 1 aliphatic rings. The molecular formula is C14H29N3O2. The predicted molar refractivity (Wildman–Crippen MR) is 77.4 cm³/mol. The maximum Gasteiger partial charge on any atom is 0.410 e. The van der Waals surface area contributed by atoms with Crippen molar-refractivity contribution in [2.45, 2.75) is 51.7 Å².